The zero-order valence-electron chi connectivity index (χ0n) is 14.5. The number of benzene rings is 1. The van der Waals surface area contributed by atoms with Crippen LogP contribution >= 0.6 is 11.8 Å². The highest BCUT2D eigenvalue weighted by molar-refractivity contribution is 7.99. The molecule has 0 unspecified atom stereocenters. The van der Waals surface area contributed by atoms with Crippen molar-refractivity contribution in [3.63, 3.8) is 0 Å². The Balaban J connectivity index is 2.22. The van der Waals surface area contributed by atoms with Gasteiger partial charge in [-0.1, -0.05) is 43.8 Å². The van der Waals surface area contributed by atoms with Crippen LogP contribution in [0, 0.1) is 0 Å². The van der Waals surface area contributed by atoms with Crippen LogP contribution in [0.25, 0.3) is 0 Å². The van der Waals surface area contributed by atoms with Crippen LogP contribution in [0.3, 0.4) is 0 Å². The summed E-state index contributed by atoms with van der Waals surface area (Å²) in [5.41, 5.74) is 6.12. The van der Waals surface area contributed by atoms with Gasteiger partial charge in [0.05, 0.1) is 12.3 Å². The van der Waals surface area contributed by atoms with Crippen LogP contribution in [-0.2, 0) is 17.7 Å². The largest absolute Gasteiger partial charge is 0.450 e. The van der Waals surface area contributed by atoms with E-state index >= 15 is 0 Å². The number of hydrogen-bond donors (Lipinski definition) is 1. The monoisotopic (exact) mass is 347 g/mol. The third-order valence-electron chi connectivity index (χ3n) is 3.64. The fraction of sp³-hybridized carbons (Fsp3) is 0.444. The van der Waals surface area contributed by atoms with Crippen molar-refractivity contribution >= 4 is 17.9 Å². The van der Waals surface area contributed by atoms with Gasteiger partial charge in [0, 0.05) is 17.9 Å². The average molecular weight is 347 g/mol. The topological polar surface area (TPSA) is 70.1 Å². The van der Waals surface area contributed by atoms with Crippen LogP contribution < -0.4 is 5.73 Å². The Morgan fingerprint density at radius 3 is 2.62 bits per heavy atom. The van der Waals surface area contributed by atoms with Crippen molar-refractivity contribution in [3.05, 3.63) is 41.9 Å². The summed E-state index contributed by atoms with van der Waals surface area (Å²) >= 11 is 1.75. The van der Waals surface area contributed by atoms with Crippen LogP contribution in [0.2, 0.25) is 0 Å². The van der Waals surface area contributed by atoms with Crippen molar-refractivity contribution in [2.45, 2.75) is 56.0 Å². The molecule has 0 atom stereocenters. The second kappa shape index (κ2) is 8.78. The van der Waals surface area contributed by atoms with E-state index in [0.29, 0.717) is 18.9 Å². The summed E-state index contributed by atoms with van der Waals surface area (Å²) in [6, 6.07) is 10.3. The van der Waals surface area contributed by atoms with E-state index in [-0.39, 0.29) is 0 Å². The quantitative estimate of drug-likeness (QED) is 0.726. The standard InChI is InChI=1S/C18H25N3O2S/c1-4-21-15(11-8-12-23-18(19)22)20-16(13(2)3)17(21)24-14-9-6-5-7-10-14/h5-7,9-10,13H,4,8,11-12H2,1-3H3,(H2,19,22). The fourth-order valence-electron chi connectivity index (χ4n) is 2.51. The van der Waals surface area contributed by atoms with Crippen LogP contribution in [0.5, 0.6) is 0 Å². The molecule has 2 aromatic rings. The van der Waals surface area contributed by atoms with Crippen molar-refractivity contribution in [1.29, 1.82) is 0 Å². The van der Waals surface area contributed by atoms with Crippen molar-refractivity contribution in [3.8, 4) is 0 Å². The lowest BCUT2D eigenvalue weighted by Crippen LogP contribution is -2.14. The van der Waals surface area contributed by atoms with E-state index in [4.69, 9.17) is 15.5 Å². The van der Waals surface area contributed by atoms with Crippen LogP contribution in [-0.4, -0.2) is 22.3 Å². The smallest absolute Gasteiger partial charge is 0.404 e. The van der Waals surface area contributed by atoms with Gasteiger partial charge in [-0.05, 0) is 31.4 Å². The van der Waals surface area contributed by atoms with E-state index in [0.717, 1.165) is 24.5 Å². The maximum Gasteiger partial charge on any atom is 0.404 e. The maximum absolute atomic E-state index is 10.7. The molecule has 0 saturated heterocycles. The molecule has 0 aliphatic carbocycles. The first-order chi connectivity index (χ1) is 11.5. The Morgan fingerprint density at radius 1 is 1.33 bits per heavy atom. The normalized spacial score (nSPS) is 11.0. The van der Waals surface area contributed by atoms with Crippen LogP contribution in [0.15, 0.2) is 40.3 Å². The first-order valence-corrected chi connectivity index (χ1v) is 9.09. The van der Waals surface area contributed by atoms with Gasteiger partial charge in [0.1, 0.15) is 10.9 Å². The molecule has 130 valence electrons. The number of primary amides is 1. The molecule has 0 aliphatic rings. The zero-order chi connectivity index (χ0) is 17.5. The van der Waals surface area contributed by atoms with Gasteiger partial charge in [-0.2, -0.15) is 0 Å². The number of aryl methyl sites for hydroxylation is 1. The van der Waals surface area contributed by atoms with Gasteiger partial charge in [0.25, 0.3) is 0 Å². The molecule has 2 N–H and O–H groups in total. The summed E-state index contributed by atoms with van der Waals surface area (Å²) in [7, 11) is 0. The molecule has 1 amide bonds. The van der Waals surface area contributed by atoms with Gasteiger partial charge in [-0.3, -0.25) is 0 Å². The number of rotatable bonds is 8. The molecule has 0 fully saturated rings. The summed E-state index contributed by atoms with van der Waals surface area (Å²) < 4.78 is 7.08. The Bertz CT molecular complexity index is 668. The van der Waals surface area contributed by atoms with Gasteiger partial charge >= 0.3 is 6.09 Å². The maximum atomic E-state index is 10.7. The number of carbonyl (C=O) groups is 1. The highest BCUT2D eigenvalue weighted by Gasteiger charge is 2.19. The van der Waals surface area contributed by atoms with Crippen molar-refractivity contribution in [2.75, 3.05) is 6.61 Å². The summed E-state index contributed by atoms with van der Waals surface area (Å²) in [6.07, 6.45) is 0.750. The number of amides is 1. The van der Waals surface area contributed by atoms with Gasteiger partial charge < -0.3 is 15.0 Å². The summed E-state index contributed by atoms with van der Waals surface area (Å²) in [5, 5.41) is 1.20. The number of nitrogens with two attached hydrogens (primary N) is 1. The predicted octanol–water partition coefficient (Wildman–Crippen LogP) is 4.21. The molecule has 24 heavy (non-hydrogen) atoms. The van der Waals surface area contributed by atoms with E-state index in [1.54, 1.807) is 11.8 Å². The van der Waals surface area contributed by atoms with E-state index < -0.39 is 6.09 Å². The Hall–Kier alpha value is -1.95. The molecule has 0 spiro atoms. The molecule has 1 aromatic heterocycles. The highest BCUT2D eigenvalue weighted by Crippen LogP contribution is 2.35. The number of hydrogen-bond acceptors (Lipinski definition) is 4. The predicted molar refractivity (Wildman–Crippen MR) is 96.4 cm³/mol. The number of aromatic nitrogens is 2. The molecule has 5 nitrogen and oxygen atoms in total. The Morgan fingerprint density at radius 2 is 2.04 bits per heavy atom. The molecule has 6 heteroatoms. The van der Waals surface area contributed by atoms with E-state index in [1.165, 1.54) is 9.92 Å². The lowest BCUT2D eigenvalue weighted by molar-refractivity contribution is 0.155. The van der Waals surface area contributed by atoms with Gasteiger partial charge in [0.15, 0.2) is 0 Å². The van der Waals surface area contributed by atoms with Crippen LogP contribution in [0.1, 0.15) is 44.6 Å². The molecular weight excluding hydrogens is 322 g/mol. The van der Waals surface area contributed by atoms with Crippen molar-refractivity contribution in [1.82, 2.24) is 9.55 Å². The zero-order valence-corrected chi connectivity index (χ0v) is 15.3. The fourth-order valence-corrected chi connectivity index (χ4v) is 3.75. The minimum absolute atomic E-state index is 0.323. The van der Waals surface area contributed by atoms with Gasteiger partial charge in [-0.25, -0.2) is 9.78 Å². The minimum atomic E-state index is -0.725. The van der Waals surface area contributed by atoms with Crippen molar-refractivity contribution < 1.29 is 9.53 Å². The van der Waals surface area contributed by atoms with E-state index in [9.17, 15) is 4.79 Å². The third-order valence-corrected chi connectivity index (χ3v) is 4.77. The summed E-state index contributed by atoms with van der Waals surface area (Å²) in [5.74, 6) is 1.39. The first kappa shape index (κ1) is 18.4. The van der Waals surface area contributed by atoms with E-state index in [1.807, 2.05) is 18.2 Å². The Kier molecular flexibility index (Phi) is 6.73. The minimum Gasteiger partial charge on any atom is -0.450 e. The first-order valence-electron chi connectivity index (χ1n) is 8.27. The molecule has 0 bridgehead atoms. The molecule has 0 aliphatic heterocycles. The molecule has 1 heterocycles. The molecule has 0 radical (unpaired) electrons. The van der Waals surface area contributed by atoms with E-state index in [2.05, 4.69) is 37.5 Å². The Labute approximate surface area is 147 Å². The van der Waals surface area contributed by atoms with Crippen molar-refractivity contribution in [2.24, 2.45) is 5.73 Å². The highest BCUT2D eigenvalue weighted by atomic mass is 32.2. The SMILES string of the molecule is CCn1c(CCCOC(N)=O)nc(C(C)C)c1Sc1ccccc1. The third kappa shape index (κ3) is 4.77. The molecular formula is C18H25N3O2S. The van der Waals surface area contributed by atoms with Gasteiger partial charge in [0.2, 0.25) is 0 Å². The van der Waals surface area contributed by atoms with Gasteiger partial charge in [-0.15, -0.1) is 0 Å². The molecule has 1 aromatic carbocycles. The lowest BCUT2D eigenvalue weighted by atomic mass is 10.1. The summed E-state index contributed by atoms with van der Waals surface area (Å²) in [4.78, 5) is 16.7. The molecule has 0 saturated carbocycles. The molecule has 2 rings (SSSR count). The number of imidazole rings is 1. The second-order valence-corrected chi connectivity index (χ2v) is 6.87. The average Bonchev–Trinajstić information content (AvgIpc) is 2.90. The summed E-state index contributed by atoms with van der Waals surface area (Å²) in [6.45, 7) is 7.64. The lowest BCUT2D eigenvalue weighted by Gasteiger charge is -2.11. The second-order valence-electron chi connectivity index (χ2n) is 5.80. The number of ether oxygens (including phenoxy) is 1. The number of nitrogens with zero attached hydrogens (tertiary/aromatic N) is 2. The number of carbonyl (C=O) groups excluding carboxylic acids is 1. The van der Waals surface area contributed by atoms with Crippen LogP contribution in [0.4, 0.5) is 4.79 Å².